The Hall–Kier alpha value is -3.32. The average Bonchev–Trinajstić information content (AvgIpc) is 3.20. The lowest BCUT2D eigenvalue weighted by Gasteiger charge is -2.46. The number of carbonyl (C=O) groups is 1. The summed E-state index contributed by atoms with van der Waals surface area (Å²) in [7, 11) is 3.90. The van der Waals surface area contributed by atoms with E-state index in [1.807, 2.05) is 37.7 Å². The minimum Gasteiger partial charge on any atom is -0.352 e. The third kappa shape index (κ3) is 3.69. The average molecular weight is 476 g/mol. The first-order chi connectivity index (χ1) is 16.7. The number of hydrogen-bond acceptors (Lipinski definition) is 9. The van der Waals surface area contributed by atoms with Crippen LogP contribution in [-0.2, 0) is 10.2 Å². The maximum absolute atomic E-state index is 13.3. The van der Waals surface area contributed by atoms with E-state index in [2.05, 4.69) is 38.0 Å². The minimum atomic E-state index is -0.553. The molecule has 1 spiro atoms. The highest BCUT2D eigenvalue weighted by Gasteiger charge is 2.51. The molecule has 1 aliphatic carbocycles. The Balaban J connectivity index is 1.46. The molecule has 10 heteroatoms. The van der Waals surface area contributed by atoms with Crippen LogP contribution in [0.15, 0.2) is 18.6 Å². The number of nitriles is 1. The first-order valence-electron chi connectivity index (χ1n) is 12.3. The highest BCUT2D eigenvalue weighted by molar-refractivity contribution is 5.86. The molecule has 2 aromatic heterocycles. The Morgan fingerprint density at radius 2 is 1.97 bits per heavy atom. The molecule has 35 heavy (non-hydrogen) atoms. The summed E-state index contributed by atoms with van der Waals surface area (Å²) in [5.41, 5.74) is 1.09. The zero-order valence-electron chi connectivity index (χ0n) is 21.2. The molecule has 0 aromatic carbocycles. The number of fused-ring (bicyclic) bond motifs is 2. The van der Waals surface area contributed by atoms with Crippen molar-refractivity contribution in [1.82, 2.24) is 30.0 Å². The van der Waals surface area contributed by atoms with E-state index in [0.717, 1.165) is 44.1 Å². The lowest BCUT2D eigenvalue weighted by molar-refractivity contribution is -0.143. The SMILES string of the molecule is CC1CN(c2ncnc3c2C2(CCC2)CN3c2cc(C#N)cnn2)CCN1C(=O)C(C)(C)N(C)C. The number of anilines is 3. The van der Waals surface area contributed by atoms with Crippen LogP contribution in [0.5, 0.6) is 0 Å². The van der Waals surface area contributed by atoms with Crippen LogP contribution in [0.25, 0.3) is 0 Å². The quantitative estimate of drug-likeness (QED) is 0.657. The van der Waals surface area contributed by atoms with Crippen LogP contribution >= 0.6 is 0 Å². The van der Waals surface area contributed by atoms with Gasteiger partial charge in [-0.2, -0.15) is 10.4 Å². The normalized spacial score (nSPS) is 21.2. The lowest BCUT2D eigenvalue weighted by Crippen LogP contribution is -2.61. The van der Waals surface area contributed by atoms with Gasteiger partial charge in [0.1, 0.15) is 24.0 Å². The van der Waals surface area contributed by atoms with Gasteiger partial charge in [0.05, 0.1) is 17.3 Å². The number of aromatic nitrogens is 4. The molecule has 184 valence electrons. The van der Waals surface area contributed by atoms with Crippen LogP contribution in [0.1, 0.15) is 51.2 Å². The van der Waals surface area contributed by atoms with Gasteiger partial charge in [0, 0.05) is 49.3 Å². The second-order valence-electron chi connectivity index (χ2n) is 10.8. The van der Waals surface area contributed by atoms with Gasteiger partial charge in [-0.05, 0) is 47.7 Å². The van der Waals surface area contributed by atoms with E-state index in [-0.39, 0.29) is 17.4 Å². The van der Waals surface area contributed by atoms with E-state index < -0.39 is 5.54 Å². The molecule has 1 unspecified atom stereocenters. The molecule has 5 rings (SSSR count). The van der Waals surface area contributed by atoms with Crippen molar-refractivity contribution < 1.29 is 4.79 Å². The highest BCUT2D eigenvalue weighted by atomic mass is 16.2. The Kier molecular flexibility index (Phi) is 5.63. The maximum atomic E-state index is 13.3. The summed E-state index contributed by atoms with van der Waals surface area (Å²) in [5.74, 6) is 2.62. The molecule has 2 fully saturated rings. The van der Waals surface area contributed by atoms with E-state index in [9.17, 15) is 10.1 Å². The largest absolute Gasteiger partial charge is 0.352 e. The van der Waals surface area contributed by atoms with Crippen molar-refractivity contribution >= 4 is 23.4 Å². The van der Waals surface area contributed by atoms with E-state index in [1.54, 1.807) is 12.4 Å². The number of amides is 1. The van der Waals surface area contributed by atoms with Gasteiger partial charge in [-0.15, -0.1) is 5.10 Å². The molecule has 0 bridgehead atoms. The number of carbonyl (C=O) groups excluding carboxylic acids is 1. The van der Waals surface area contributed by atoms with Crippen molar-refractivity contribution in [3.8, 4) is 6.07 Å². The van der Waals surface area contributed by atoms with E-state index in [1.165, 1.54) is 18.2 Å². The van der Waals surface area contributed by atoms with E-state index >= 15 is 0 Å². The van der Waals surface area contributed by atoms with Crippen LogP contribution in [0.3, 0.4) is 0 Å². The fourth-order valence-electron chi connectivity index (χ4n) is 5.49. The standard InChI is InChI=1S/C25H33N9O/c1-17-14-32(9-10-33(17)23(35)24(2,3)31(4)5)21-20-22(28-16-27-21)34(15-25(20)7-6-8-25)19-11-18(12-26)13-29-30-19/h11,13,16-17H,6-10,14-15H2,1-5H3. The fourth-order valence-corrected chi connectivity index (χ4v) is 5.49. The molecule has 2 aromatic rings. The van der Waals surface area contributed by atoms with Gasteiger partial charge in [0.25, 0.3) is 0 Å². The number of piperazine rings is 1. The first kappa shape index (κ1) is 23.4. The molecule has 1 saturated carbocycles. The van der Waals surface area contributed by atoms with Crippen LogP contribution in [0.2, 0.25) is 0 Å². The molecule has 10 nitrogen and oxygen atoms in total. The molecule has 2 aliphatic heterocycles. The number of nitrogens with zero attached hydrogens (tertiary/aromatic N) is 9. The summed E-state index contributed by atoms with van der Waals surface area (Å²) < 4.78 is 0. The molecule has 0 N–H and O–H groups in total. The second kappa shape index (κ2) is 8.41. The van der Waals surface area contributed by atoms with Gasteiger partial charge in [0.2, 0.25) is 5.91 Å². The molecule has 0 radical (unpaired) electrons. The molecule has 4 heterocycles. The summed E-state index contributed by atoms with van der Waals surface area (Å²) in [4.78, 5) is 31.2. The monoisotopic (exact) mass is 475 g/mol. The topological polar surface area (TPSA) is 105 Å². The fraction of sp³-hybridized carbons (Fsp3) is 0.600. The van der Waals surface area contributed by atoms with Crippen molar-refractivity contribution in [2.75, 3.05) is 50.1 Å². The Morgan fingerprint density at radius 3 is 2.60 bits per heavy atom. The van der Waals surface area contributed by atoms with Crippen LogP contribution in [0.4, 0.5) is 17.5 Å². The first-order valence-corrected chi connectivity index (χ1v) is 12.3. The van der Waals surface area contributed by atoms with Gasteiger partial charge in [0.15, 0.2) is 5.82 Å². The Morgan fingerprint density at radius 1 is 1.23 bits per heavy atom. The molecular formula is C25H33N9O. The van der Waals surface area contributed by atoms with Crippen LogP contribution in [0, 0.1) is 11.3 Å². The summed E-state index contributed by atoms with van der Waals surface area (Å²) in [6.45, 7) is 8.94. The van der Waals surface area contributed by atoms with Crippen molar-refractivity contribution in [2.24, 2.45) is 0 Å². The smallest absolute Gasteiger partial charge is 0.242 e. The third-order valence-electron chi connectivity index (χ3n) is 8.24. The van der Waals surface area contributed by atoms with Gasteiger partial charge < -0.3 is 14.7 Å². The predicted molar refractivity (Wildman–Crippen MR) is 132 cm³/mol. The van der Waals surface area contributed by atoms with Crippen molar-refractivity contribution in [1.29, 1.82) is 5.26 Å². The summed E-state index contributed by atoms with van der Waals surface area (Å²) in [5, 5.41) is 17.7. The number of rotatable bonds is 4. The molecule has 1 atom stereocenters. The molecular weight excluding hydrogens is 442 g/mol. The van der Waals surface area contributed by atoms with Crippen LogP contribution in [-0.4, -0.2) is 87.7 Å². The second-order valence-corrected chi connectivity index (χ2v) is 10.8. The highest BCUT2D eigenvalue weighted by Crippen LogP contribution is 2.56. The van der Waals surface area contributed by atoms with E-state index in [0.29, 0.717) is 17.9 Å². The lowest BCUT2D eigenvalue weighted by atomic mass is 9.66. The van der Waals surface area contributed by atoms with E-state index in [4.69, 9.17) is 4.98 Å². The van der Waals surface area contributed by atoms with Gasteiger partial charge >= 0.3 is 0 Å². The Labute approximate surface area is 206 Å². The molecule has 1 saturated heterocycles. The maximum Gasteiger partial charge on any atom is 0.242 e. The zero-order valence-corrected chi connectivity index (χ0v) is 21.2. The Bertz CT molecular complexity index is 1180. The van der Waals surface area contributed by atoms with Crippen LogP contribution < -0.4 is 9.80 Å². The summed E-state index contributed by atoms with van der Waals surface area (Å²) >= 11 is 0. The van der Waals surface area contributed by atoms with Crippen molar-refractivity contribution in [2.45, 2.75) is 57.0 Å². The van der Waals surface area contributed by atoms with Gasteiger partial charge in [-0.1, -0.05) is 6.42 Å². The number of likely N-dealkylation sites (N-methyl/N-ethyl adjacent to an activating group) is 1. The predicted octanol–water partition coefficient (Wildman–Crippen LogP) is 2.09. The number of hydrogen-bond donors (Lipinski definition) is 0. The van der Waals surface area contributed by atoms with Crippen molar-refractivity contribution in [3.05, 3.63) is 29.7 Å². The van der Waals surface area contributed by atoms with Crippen molar-refractivity contribution in [3.63, 3.8) is 0 Å². The van der Waals surface area contributed by atoms with Gasteiger partial charge in [-0.25, -0.2) is 9.97 Å². The minimum absolute atomic E-state index is 0.0145. The molecule has 1 amide bonds. The molecule has 3 aliphatic rings. The summed E-state index contributed by atoms with van der Waals surface area (Å²) in [6.07, 6.45) is 6.42. The van der Waals surface area contributed by atoms with Gasteiger partial charge in [-0.3, -0.25) is 9.69 Å². The third-order valence-corrected chi connectivity index (χ3v) is 8.24. The zero-order chi connectivity index (χ0) is 25.0. The summed E-state index contributed by atoms with van der Waals surface area (Å²) in [6, 6.07) is 3.99.